The molecule has 0 radical (unpaired) electrons. The summed E-state index contributed by atoms with van der Waals surface area (Å²) in [6, 6.07) is 4.48. The Labute approximate surface area is 86.3 Å². The number of hydrogen-bond donors (Lipinski definition) is 0. The molecule has 0 aromatic heterocycles. The van der Waals surface area contributed by atoms with Gasteiger partial charge in [0, 0.05) is 0 Å². The fraction of sp³-hybridized carbons (Fsp3) is 0.286. The van der Waals surface area contributed by atoms with Gasteiger partial charge in [-0.2, -0.15) is 0 Å². The van der Waals surface area contributed by atoms with E-state index in [1.165, 1.54) is 21.6 Å². The maximum absolute atomic E-state index is 2.24. The fourth-order valence-corrected chi connectivity index (χ4v) is 1.46. The van der Waals surface area contributed by atoms with E-state index in [0.29, 0.717) is 0 Å². The molecule has 0 spiro atoms. The van der Waals surface area contributed by atoms with Gasteiger partial charge in [-0.25, -0.2) is 0 Å². The Balaban J connectivity index is 3.51. The standard InChI is InChI=1S/C14H18/c1-5-7-8-14-10-12(4)11(3)9-13(14)6-2/h5-10H,1-4H3/b7-5-,13-6-,14-8-. The van der Waals surface area contributed by atoms with E-state index in [1.807, 2.05) is 6.92 Å². The van der Waals surface area contributed by atoms with Crippen molar-refractivity contribution in [2.75, 3.05) is 0 Å². The van der Waals surface area contributed by atoms with E-state index in [4.69, 9.17) is 0 Å². The van der Waals surface area contributed by atoms with E-state index < -0.39 is 0 Å². The van der Waals surface area contributed by atoms with Gasteiger partial charge in [-0.05, 0) is 49.3 Å². The van der Waals surface area contributed by atoms with Crippen molar-refractivity contribution in [3.8, 4) is 0 Å². The molecule has 74 valence electrons. The van der Waals surface area contributed by atoms with E-state index in [-0.39, 0.29) is 0 Å². The minimum absolute atomic E-state index is 1.30. The molecule has 0 aliphatic rings. The lowest BCUT2D eigenvalue weighted by atomic mass is 10.1. The molecule has 0 nitrogen and oxygen atoms in total. The predicted molar refractivity (Wildman–Crippen MR) is 64.6 cm³/mol. The fourth-order valence-electron chi connectivity index (χ4n) is 1.46. The molecule has 14 heavy (non-hydrogen) atoms. The normalized spacial score (nSPS) is 14.3. The number of rotatable bonds is 1. The summed E-state index contributed by atoms with van der Waals surface area (Å²) >= 11 is 0. The van der Waals surface area contributed by atoms with Crippen molar-refractivity contribution in [2.45, 2.75) is 27.7 Å². The monoisotopic (exact) mass is 186 g/mol. The first kappa shape index (κ1) is 10.8. The van der Waals surface area contributed by atoms with Crippen molar-refractivity contribution in [1.29, 1.82) is 0 Å². The molecule has 0 heteroatoms. The van der Waals surface area contributed by atoms with Gasteiger partial charge in [-0.1, -0.05) is 36.4 Å². The molecule has 1 aromatic carbocycles. The molecule has 0 heterocycles. The van der Waals surface area contributed by atoms with E-state index in [2.05, 4.69) is 57.2 Å². The van der Waals surface area contributed by atoms with Gasteiger partial charge in [0.15, 0.2) is 0 Å². The van der Waals surface area contributed by atoms with Crippen molar-refractivity contribution in [3.05, 3.63) is 45.8 Å². The van der Waals surface area contributed by atoms with Gasteiger partial charge < -0.3 is 0 Å². The molecule has 0 saturated heterocycles. The van der Waals surface area contributed by atoms with Crippen molar-refractivity contribution < 1.29 is 0 Å². The second-order valence-corrected chi connectivity index (χ2v) is 3.55. The van der Waals surface area contributed by atoms with Crippen LogP contribution >= 0.6 is 0 Å². The van der Waals surface area contributed by atoms with E-state index in [1.54, 1.807) is 0 Å². The number of aryl methyl sites for hydroxylation is 2. The maximum Gasteiger partial charge on any atom is -0.0185 e. The van der Waals surface area contributed by atoms with Gasteiger partial charge in [-0.3, -0.25) is 0 Å². The number of allylic oxidation sites excluding steroid dienone is 2. The third-order valence-corrected chi connectivity index (χ3v) is 2.48. The highest BCUT2D eigenvalue weighted by atomic mass is 14.0. The Kier molecular flexibility index (Phi) is 3.70. The van der Waals surface area contributed by atoms with Crippen molar-refractivity contribution in [1.82, 2.24) is 0 Å². The molecule has 0 atom stereocenters. The minimum Gasteiger partial charge on any atom is -0.0876 e. The van der Waals surface area contributed by atoms with Gasteiger partial charge in [0.1, 0.15) is 0 Å². The number of benzene rings is 1. The number of hydrogen-bond acceptors (Lipinski definition) is 0. The third kappa shape index (κ3) is 2.35. The van der Waals surface area contributed by atoms with Crippen LogP contribution in [0.15, 0.2) is 24.3 Å². The highest BCUT2D eigenvalue weighted by Crippen LogP contribution is 1.98. The van der Waals surface area contributed by atoms with Crippen LogP contribution in [0.4, 0.5) is 0 Å². The van der Waals surface area contributed by atoms with Crippen LogP contribution in [0.5, 0.6) is 0 Å². The molecule has 0 N–H and O–H groups in total. The van der Waals surface area contributed by atoms with Crippen LogP contribution in [-0.4, -0.2) is 0 Å². The van der Waals surface area contributed by atoms with Crippen LogP contribution in [0.3, 0.4) is 0 Å². The smallest absolute Gasteiger partial charge is 0.0185 e. The van der Waals surface area contributed by atoms with Crippen LogP contribution in [0, 0.1) is 13.8 Å². The van der Waals surface area contributed by atoms with Crippen LogP contribution in [0.1, 0.15) is 25.0 Å². The first-order chi connectivity index (χ1) is 6.69. The largest absolute Gasteiger partial charge is 0.0876 e. The molecule has 0 amide bonds. The summed E-state index contributed by atoms with van der Waals surface area (Å²) in [5, 5.41) is 2.61. The molecule has 1 rings (SSSR count). The molecule has 0 unspecified atom stereocenters. The quantitative estimate of drug-likeness (QED) is 0.632. The summed E-state index contributed by atoms with van der Waals surface area (Å²) in [7, 11) is 0. The third-order valence-electron chi connectivity index (χ3n) is 2.48. The second kappa shape index (κ2) is 4.80. The lowest BCUT2D eigenvalue weighted by Crippen LogP contribution is -2.24. The molecule has 0 bridgehead atoms. The molecule has 0 aliphatic carbocycles. The molecule has 0 saturated carbocycles. The second-order valence-electron chi connectivity index (χ2n) is 3.55. The lowest BCUT2D eigenvalue weighted by molar-refractivity contribution is 1.30. The molecular formula is C14H18. The van der Waals surface area contributed by atoms with E-state index in [0.717, 1.165) is 0 Å². The zero-order chi connectivity index (χ0) is 10.6. The average Bonchev–Trinajstić information content (AvgIpc) is 2.19. The summed E-state index contributed by atoms with van der Waals surface area (Å²) in [6.07, 6.45) is 8.44. The van der Waals surface area contributed by atoms with Gasteiger partial charge in [0.25, 0.3) is 0 Å². The zero-order valence-electron chi connectivity index (χ0n) is 9.46. The molecule has 1 aromatic rings. The van der Waals surface area contributed by atoms with Gasteiger partial charge in [0.05, 0.1) is 0 Å². The van der Waals surface area contributed by atoms with E-state index in [9.17, 15) is 0 Å². The van der Waals surface area contributed by atoms with E-state index >= 15 is 0 Å². The summed E-state index contributed by atoms with van der Waals surface area (Å²) in [6.45, 7) is 8.42. The zero-order valence-corrected chi connectivity index (χ0v) is 9.46. The van der Waals surface area contributed by atoms with Gasteiger partial charge in [0.2, 0.25) is 0 Å². The first-order valence-electron chi connectivity index (χ1n) is 5.05. The SMILES string of the molecule is C\C=C/C=c1/cc(C)c(C)c/c1=C/C. The summed E-state index contributed by atoms with van der Waals surface area (Å²) in [4.78, 5) is 0. The summed E-state index contributed by atoms with van der Waals surface area (Å²) < 4.78 is 0. The lowest BCUT2D eigenvalue weighted by Gasteiger charge is -1.99. The minimum atomic E-state index is 1.30. The first-order valence-corrected chi connectivity index (χ1v) is 5.05. The Hall–Kier alpha value is -1.30. The summed E-state index contributed by atoms with van der Waals surface area (Å²) in [5.41, 5.74) is 2.71. The van der Waals surface area contributed by atoms with Gasteiger partial charge >= 0.3 is 0 Å². The van der Waals surface area contributed by atoms with Crippen molar-refractivity contribution >= 4 is 12.2 Å². The Morgan fingerprint density at radius 1 is 0.929 bits per heavy atom. The predicted octanol–water partition coefficient (Wildman–Crippen LogP) is 2.46. The van der Waals surface area contributed by atoms with Gasteiger partial charge in [-0.15, -0.1) is 0 Å². The highest BCUT2D eigenvalue weighted by Gasteiger charge is 1.91. The van der Waals surface area contributed by atoms with Crippen LogP contribution in [-0.2, 0) is 0 Å². The average molecular weight is 186 g/mol. The van der Waals surface area contributed by atoms with Crippen molar-refractivity contribution in [2.24, 2.45) is 0 Å². The molecular weight excluding hydrogens is 168 g/mol. The Morgan fingerprint density at radius 2 is 1.50 bits per heavy atom. The highest BCUT2D eigenvalue weighted by molar-refractivity contribution is 5.42. The van der Waals surface area contributed by atoms with Crippen molar-refractivity contribution in [3.63, 3.8) is 0 Å². The Morgan fingerprint density at radius 3 is 2.00 bits per heavy atom. The summed E-state index contributed by atoms with van der Waals surface area (Å²) in [5.74, 6) is 0. The molecule has 0 aliphatic heterocycles. The maximum atomic E-state index is 2.24. The van der Waals surface area contributed by atoms with Crippen LogP contribution in [0.25, 0.3) is 12.2 Å². The topological polar surface area (TPSA) is 0 Å². The Bertz CT molecular complexity index is 448. The van der Waals surface area contributed by atoms with Crippen LogP contribution in [0.2, 0.25) is 0 Å². The molecule has 0 fully saturated rings. The van der Waals surface area contributed by atoms with Crippen LogP contribution < -0.4 is 10.4 Å².